The number of carbonyl (C=O) groups is 1. The van der Waals surface area contributed by atoms with E-state index in [1.807, 2.05) is 25.1 Å². The first-order chi connectivity index (χ1) is 9.95. The van der Waals surface area contributed by atoms with Crippen LogP contribution in [0.15, 0.2) is 18.2 Å². The van der Waals surface area contributed by atoms with Gasteiger partial charge in [0, 0.05) is 36.9 Å². The quantitative estimate of drug-likeness (QED) is 0.808. The molecule has 3 N–H and O–H groups in total. The Morgan fingerprint density at radius 3 is 2.86 bits per heavy atom. The van der Waals surface area contributed by atoms with E-state index in [1.54, 1.807) is 0 Å². The number of nitrogens with two attached hydrogens (primary N) is 1. The summed E-state index contributed by atoms with van der Waals surface area (Å²) in [5.41, 5.74) is 8.28. The molecule has 0 aliphatic carbocycles. The Balaban J connectivity index is 1.78. The van der Waals surface area contributed by atoms with Crippen LogP contribution < -0.4 is 11.1 Å². The topological polar surface area (TPSA) is 61.6 Å². The molecule has 1 aliphatic heterocycles. The van der Waals surface area contributed by atoms with E-state index in [9.17, 15) is 4.79 Å². The zero-order chi connectivity index (χ0) is 15.4. The lowest BCUT2D eigenvalue weighted by Gasteiger charge is -2.20. The molecule has 1 atom stereocenters. The van der Waals surface area contributed by atoms with Crippen LogP contribution in [0.4, 0.5) is 11.4 Å². The Hall–Kier alpha value is -1.59. The number of aryl methyl sites for hydroxylation is 1. The highest BCUT2D eigenvalue weighted by Crippen LogP contribution is 2.18. The van der Waals surface area contributed by atoms with Gasteiger partial charge in [0.25, 0.3) is 0 Å². The Bertz CT molecular complexity index is 501. The number of hydrogen-bond donors (Lipinski definition) is 2. The SMILES string of the molecule is Cc1cc(N)ccc1NC(=O)CCN1CCC(N(C)C)C1. The molecule has 0 bridgehead atoms. The van der Waals surface area contributed by atoms with Gasteiger partial charge in [-0.15, -0.1) is 0 Å². The highest BCUT2D eigenvalue weighted by Gasteiger charge is 2.23. The van der Waals surface area contributed by atoms with Crippen LogP contribution in [0.1, 0.15) is 18.4 Å². The van der Waals surface area contributed by atoms with Crippen molar-refractivity contribution in [2.24, 2.45) is 0 Å². The van der Waals surface area contributed by atoms with Gasteiger partial charge in [0.2, 0.25) is 5.91 Å². The van der Waals surface area contributed by atoms with Crippen LogP contribution >= 0.6 is 0 Å². The van der Waals surface area contributed by atoms with Crippen LogP contribution in [0, 0.1) is 6.92 Å². The Kier molecular flexibility index (Phi) is 5.20. The molecule has 1 unspecified atom stereocenters. The summed E-state index contributed by atoms with van der Waals surface area (Å²) < 4.78 is 0. The summed E-state index contributed by atoms with van der Waals surface area (Å²) in [7, 11) is 4.23. The maximum atomic E-state index is 12.0. The van der Waals surface area contributed by atoms with Crippen LogP contribution in [0.25, 0.3) is 0 Å². The molecule has 1 fully saturated rings. The molecule has 0 saturated carbocycles. The summed E-state index contributed by atoms with van der Waals surface area (Å²) in [6, 6.07) is 6.16. The molecule has 5 nitrogen and oxygen atoms in total. The van der Waals surface area contributed by atoms with Gasteiger partial charge in [-0.05, 0) is 57.7 Å². The number of rotatable bonds is 5. The molecule has 1 saturated heterocycles. The lowest BCUT2D eigenvalue weighted by atomic mass is 10.2. The second-order valence-electron chi connectivity index (χ2n) is 6.08. The number of carbonyl (C=O) groups excluding carboxylic acids is 1. The number of nitrogens with zero attached hydrogens (tertiary/aromatic N) is 2. The van der Waals surface area contributed by atoms with Crippen molar-refractivity contribution >= 4 is 17.3 Å². The first-order valence-corrected chi connectivity index (χ1v) is 7.50. The number of likely N-dealkylation sites (N-methyl/N-ethyl adjacent to an activating group) is 1. The molecular weight excluding hydrogens is 264 g/mol. The van der Waals surface area contributed by atoms with E-state index in [4.69, 9.17) is 5.73 Å². The van der Waals surface area contributed by atoms with E-state index in [1.165, 1.54) is 6.42 Å². The molecule has 0 aromatic heterocycles. The number of amides is 1. The molecule has 5 heteroatoms. The van der Waals surface area contributed by atoms with E-state index in [-0.39, 0.29) is 5.91 Å². The molecule has 1 aromatic carbocycles. The third-order valence-corrected chi connectivity index (χ3v) is 4.16. The van der Waals surface area contributed by atoms with E-state index >= 15 is 0 Å². The lowest BCUT2D eigenvalue weighted by molar-refractivity contribution is -0.116. The first-order valence-electron chi connectivity index (χ1n) is 7.50. The third-order valence-electron chi connectivity index (χ3n) is 4.16. The lowest BCUT2D eigenvalue weighted by Crippen LogP contribution is -2.32. The van der Waals surface area contributed by atoms with Crippen molar-refractivity contribution in [3.63, 3.8) is 0 Å². The third kappa shape index (κ3) is 4.44. The standard InChI is InChI=1S/C16H26N4O/c1-12-10-13(17)4-5-15(12)18-16(21)7-9-20-8-6-14(11-20)19(2)3/h4-5,10,14H,6-9,11,17H2,1-3H3,(H,18,21). The minimum absolute atomic E-state index is 0.0659. The van der Waals surface area contributed by atoms with E-state index in [0.29, 0.717) is 12.5 Å². The molecule has 1 heterocycles. The minimum atomic E-state index is 0.0659. The summed E-state index contributed by atoms with van der Waals surface area (Å²) in [4.78, 5) is 16.7. The van der Waals surface area contributed by atoms with Crippen molar-refractivity contribution in [2.45, 2.75) is 25.8 Å². The maximum absolute atomic E-state index is 12.0. The summed E-state index contributed by atoms with van der Waals surface area (Å²) in [6.07, 6.45) is 1.72. The molecular formula is C16H26N4O. The zero-order valence-electron chi connectivity index (χ0n) is 13.2. The van der Waals surface area contributed by atoms with Crippen LogP contribution in [-0.4, -0.2) is 55.5 Å². The van der Waals surface area contributed by atoms with Crippen molar-refractivity contribution < 1.29 is 4.79 Å². The minimum Gasteiger partial charge on any atom is -0.399 e. The molecule has 0 spiro atoms. The average molecular weight is 290 g/mol. The summed E-state index contributed by atoms with van der Waals surface area (Å²) in [5, 5.41) is 2.96. The second-order valence-corrected chi connectivity index (χ2v) is 6.08. The Morgan fingerprint density at radius 1 is 1.48 bits per heavy atom. The monoisotopic (exact) mass is 290 g/mol. The van der Waals surface area contributed by atoms with Gasteiger partial charge in [0.1, 0.15) is 0 Å². The Labute approximate surface area is 127 Å². The van der Waals surface area contributed by atoms with Gasteiger partial charge in [-0.1, -0.05) is 0 Å². The normalized spacial score (nSPS) is 19.1. The molecule has 1 amide bonds. The number of nitrogen functional groups attached to an aromatic ring is 1. The van der Waals surface area contributed by atoms with Gasteiger partial charge < -0.3 is 20.9 Å². The molecule has 0 radical (unpaired) electrons. The summed E-state index contributed by atoms with van der Waals surface area (Å²) in [5.74, 6) is 0.0659. The smallest absolute Gasteiger partial charge is 0.225 e. The van der Waals surface area contributed by atoms with Gasteiger partial charge in [0.15, 0.2) is 0 Å². The maximum Gasteiger partial charge on any atom is 0.225 e. The molecule has 1 aromatic rings. The van der Waals surface area contributed by atoms with Crippen molar-refractivity contribution in [1.82, 2.24) is 9.80 Å². The number of anilines is 2. The second kappa shape index (κ2) is 6.91. The highest BCUT2D eigenvalue weighted by molar-refractivity contribution is 5.91. The average Bonchev–Trinajstić information content (AvgIpc) is 2.89. The van der Waals surface area contributed by atoms with E-state index in [0.717, 1.165) is 36.6 Å². The first kappa shape index (κ1) is 15.8. The van der Waals surface area contributed by atoms with Crippen molar-refractivity contribution in [3.8, 4) is 0 Å². The fourth-order valence-corrected chi connectivity index (χ4v) is 2.74. The van der Waals surface area contributed by atoms with E-state index < -0.39 is 0 Å². The van der Waals surface area contributed by atoms with Crippen molar-refractivity contribution in [1.29, 1.82) is 0 Å². The van der Waals surface area contributed by atoms with Crippen LogP contribution in [0.2, 0.25) is 0 Å². The fourth-order valence-electron chi connectivity index (χ4n) is 2.74. The summed E-state index contributed by atoms with van der Waals surface area (Å²) >= 11 is 0. The van der Waals surface area contributed by atoms with Gasteiger partial charge in [0.05, 0.1) is 0 Å². The van der Waals surface area contributed by atoms with E-state index in [2.05, 4.69) is 29.2 Å². The molecule has 21 heavy (non-hydrogen) atoms. The van der Waals surface area contributed by atoms with Gasteiger partial charge in [-0.25, -0.2) is 0 Å². The predicted octanol–water partition coefficient (Wildman–Crippen LogP) is 1.54. The number of likely N-dealkylation sites (tertiary alicyclic amines) is 1. The highest BCUT2D eigenvalue weighted by atomic mass is 16.1. The molecule has 2 rings (SSSR count). The molecule has 1 aliphatic rings. The summed E-state index contributed by atoms with van der Waals surface area (Å²) in [6.45, 7) is 4.91. The van der Waals surface area contributed by atoms with Crippen molar-refractivity contribution in [2.75, 3.05) is 44.8 Å². The largest absolute Gasteiger partial charge is 0.399 e. The van der Waals surface area contributed by atoms with Crippen LogP contribution in [-0.2, 0) is 4.79 Å². The Morgan fingerprint density at radius 2 is 2.24 bits per heavy atom. The number of hydrogen-bond acceptors (Lipinski definition) is 4. The number of nitrogens with one attached hydrogen (secondary N) is 1. The fraction of sp³-hybridized carbons (Fsp3) is 0.562. The van der Waals surface area contributed by atoms with Crippen LogP contribution in [0.3, 0.4) is 0 Å². The predicted molar refractivity (Wildman–Crippen MR) is 87.4 cm³/mol. The van der Waals surface area contributed by atoms with Gasteiger partial charge in [-0.3, -0.25) is 4.79 Å². The molecule has 116 valence electrons. The number of benzene rings is 1. The zero-order valence-corrected chi connectivity index (χ0v) is 13.2. The van der Waals surface area contributed by atoms with Gasteiger partial charge in [-0.2, -0.15) is 0 Å². The van der Waals surface area contributed by atoms with Gasteiger partial charge >= 0.3 is 0 Å². The van der Waals surface area contributed by atoms with Crippen LogP contribution in [0.5, 0.6) is 0 Å². The van der Waals surface area contributed by atoms with Crippen molar-refractivity contribution in [3.05, 3.63) is 23.8 Å².